The van der Waals surface area contributed by atoms with Crippen molar-refractivity contribution in [3.05, 3.63) is 58.6 Å². The van der Waals surface area contributed by atoms with Crippen molar-refractivity contribution in [2.75, 3.05) is 5.32 Å². The van der Waals surface area contributed by atoms with Crippen molar-refractivity contribution in [3.63, 3.8) is 0 Å². The third-order valence-corrected chi connectivity index (χ3v) is 3.68. The van der Waals surface area contributed by atoms with Crippen molar-refractivity contribution >= 4 is 27.5 Å². The van der Waals surface area contributed by atoms with Crippen LogP contribution in [0.1, 0.15) is 12.5 Å². The number of hydrogen-bond donors (Lipinski definition) is 2. The zero-order valence-corrected chi connectivity index (χ0v) is 13.1. The van der Waals surface area contributed by atoms with Crippen molar-refractivity contribution in [3.8, 4) is 5.75 Å². The lowest BCUT2D eigenvalue weighted by Gasteiger charge is -2.15. The Morgan fingerprint density at radius 3 is 2.67 bits per heavy atom. The minimum atomic E-state index is -0.641. The van der Waals surface area contributed by atoms with E-state index in [0.717, 1.165) is 10.2 Å². The Balaban J connectivity index is 2.00. The van der Waals surface area contributed by atoms with Crippen LogP contribution in [0.25, 0.3) is 0 Å². The molecule has 0 heterocycles. The molecule has 0 aliphatic carbocycles. The van der Waals surface area contributed by atoms with Crippen molar-refractivity contribution < 1.29 is 14.6 Å². The van der Waals surface area contributed by atoms with Crippen LogP contribution in [-0.2, 0) is 11.4 Å². The van der Waals surface area contributed by atoms with E-state index >= 15 is 0 Å². The van der Waals surface area contributed by atoms with E-state index in [1.165, 1.54) is 0 Å². The van der Waals surface area contributed by atoms with Crippen LogP contribution in [0.15, 0.2) is 53.0 Å². The standard InChI is InChI=1S/C16H16BrNO3/c1-11(16(20)18-13-5-3-2-4-6-13)21-14-7-8-15(17)12(9-14)10-19/h2-9,11,19H,10H2,1H3,(H,18,20). The maximum absolute atomic E-state index is 12.0. The molecule has 0 aromatic heterocycles. The fourth-order valence-electron chi connectivity index (χ4n) is 1.77. The molecular weight excluding hydrogens is 334 g/mol. The van der Waals surface area contributed by atoms with E-state index in [1.807, 2.05) is 30.3 Å². The van der Waals surface area contributed by atoms with Gasteiger partial charge in [0, 0.05) is 10.2 Å². The summed E-state index contributed by atoms with van der Waals surface area (Å²) in [6.07, 6.45) is -0.641. The lowest BCUT2D eigenvalue weighted by Crippen LogP contribution is -2.30. The molecule has 0 spiro atoms. The molecule has 2 aromatic carbocycles. The Kier molecular flexibility index (Phi) is 5.36. The number of amides is 1. The normalized spacial score (nSPS) is 11.8. The molecule has 0 radical (unpaired) electrons. The molecule has 1 atom stereocenters. The first-order valence-corrected chi connectivity index (χ1v) is 7.31. The number of para-hydroxylation sites is 1. The molecule has 2 rings (SSSR count). The average molecular weight is 350 g/mol. The first-order valence-electron chi connectivity index (χ1n) is 6.52. The smallest absolute Gasteiger partial charge is 0.265 e. The largest absolute Gasteiger partial charge is 0.481 e. The third kappa shape index (κ3) is 4.31. The number of halogens is 1. The quantitative estimate of drug-likeness (QED) is 0.870. The number of nitrogens with one attached hydrogen (secondary N) is 1. The topological polar surface area (TPSA) is 58.6 Å². The fraction of sp³-hybridized carbons (Fsp3) is 0.188. The van der Waals surface area contributed by atoms with Gasteiger partial charge >= 0.3 is 0 Å². The van der Waals surface area contributed by atoms with Gasteiger partial charge in [-0.05, 0) is 42.8 Å². The van der Waals surface area contributed by atoms with Crippen molar-refractivity contribution in [1.29, 1.82) is 0 Å². The summed E-state index contributed by atoms with van der Waals surface area (Å²) in [5.41, 5.74) is 1.44. The van der Waals surface area contributed by atoms with Crippen LogP contribution in [-0.4, -0.2) is 17.1 Å². The lowest BCUT2D eigenvalue weighted by atomic mass is 10.2. The second-order valence-corrected chi connectivity index (χ2v) is 5.38. The van der Waals surface area contributed by atoms with Crippen molar-refractivity contribution in [2.45, 2.75) is 19.6 Å². The number of ether oxygens (including phenoxy) is 1. The van der Waals surface area contributed by atoms with Crippen LogP contribution in [0, 0.1) is 0 Å². The third-order valence-electron chi connectivity index (χ3n) is 2.91. The molecule has 0 saturated carbocycles. The second kappa shape index (κ2) is 7.24. The molecule has 5 heteroatoms. The van der Waals surface area contributed by atoms with E-state index < -0.39 is 6.10 Å². The maximum Gasteiger partial charge on any atom is 0.265 e. The van der Waals surface area contributed by atoms with E-state index in [0.29, 0.717) is 11.3 Å². The van der Waals surface area contributed by atoms with Gasteiger partial charge in [-0.15, -0.1) is 0 Å². The zero-order valence-electron chi connectivity index (χ0n) is 11.5. The molecule has 0 aliphatic heterocycles. The molecule has 110 valence electrons. The summed E-state index contributed by atoms with van der Waals surface area (Å²) in [6, 6.07) is 14.4. The SMILES string of the molecule is CC(Oc1ccc(Br)c(CO)c1)C(=O)Nc1ccccc1. The predicted molar refractivity (Wildman–Crippen MR) is 85.2 cm³/mol. The highest BCUT2D eigenvalue weighted by Gasteiger charge is 2.15. The fourth-order valence-corrected chi connectivity index (χ4v) is 2.14. The number of carbonyl (C=O) groups excluding carboxylic acids is 1. The molecule has 0 bridgehead atoms. The highest BCUT2D eigenvalue weighted by Crippen LogP contribution is 2.23. The van der Waals surface area contributed by atoms with Gasteiger partial charge < -0.3 is 15.2 Å². The lowest BCUT2D eigenvalue weighted by molar-refractivity contribution is -0.122. The zero-order chi connectivity index (χ0) is 15.2. The van der Waals surface area contributed by atoms with Crippen molar-refractivity contribution in [1.82, 2.24) is 0 Å². The Hall–Kier alpha value is -1.85. The van der Waals surface area contributed by atoms with E-state index in [1.54, 1.807) is 25.1 Å². The van der Waals surface area contributed by atoms with Crippen LogP contribution in [0.4, 0.5) is 5.69 Å². The summed E-state index contributed by atoms with van der Waals surface area (Å²) in [6.45, 7) is 1.58. The molecule has 1 amide bonds. The summed E-state index contributed by atoms with van der Waals surface area (Å²) >= 11 is 3.34. The molecule has 0 aliphatic rings. The Labute approximate surface area is 131 Å². The molecule has 4 nitrogen and oxygen atoms in total. The van der Waals surface area contributed by atoms with Crippen LogP contribution < -0.4 is 10.1 Å². The molecule has 2 N–H and O–H groups in total. The van der Waals surface area contributed by atoms with Crippen LogP contribution in [0.3, 0.4) is 0 Å². The van der Waals surface area contributed by atoms with Gasteiger partial charge in [-0.25, -0.2) is 0 Å². The highest BCUT2D eigenvalue weighted by molar-refractivity contribution is 9.10. The Morgan fingerprint density at radius 1 is 1.29 bits per heavy atom. The van der Waals surface area contributed by atoms with Gasteiger partial charge in [0.2, 0.25) is 0 Å². The van der Waals surface area contributed by atoms with Gasteiger partial charge in [-0.3, -0.25) is 4.79 Å². The second-order valence-electron chi connectivity index (χ2n) is 4.53. The van der Waals surface area contributed by atoms with Gasteiger partial charge in [0.15, 0.2) is 6.10 Å². The van der Waals surface area contributed by atoms with Gasteiger partial charge in [0.1, 0.15) is 5.75 Å². The molecule has 0 saturated heterocycles. The minimum absolute atomic E-state index is 0.0949. The van der Waals surface area contributed by atoms with E-state index in [2.05, 4.69) is 21.2 Å². The number of rotatable bonds is 5. The molecule has 0 fully saturated rings. The first kappa shape index (κ1) is 15.5. The first-order chi connectivity index (χ1) is 10.1. The maximum atomic E-state index is 12.0. The Morgan fingerprint density at radius 2 is 2.00 bits per heavy atom. The molecule has 2 aromatic rings. The minimum Gasteiger partial charge on any atom is -0.481 e. The summed E-state index contributed by atoms with van der Waals surface area (Å²) in [7, 11) is 0. The van der Waals surface area contributed by atoms with Crippen molar-refractivity contribution in [2.24, 2.45) is 0 Å². The van der Waals surface area contributed by atoms with Gasteiger partial charge in [0.25, 0.3) is 5.91 Å². The van der Waals surface area contributed by atoms with Gasteiger partial charge in [-0.2, -0.15) is 0 Å². The molecular formula is C16H16BrNO3. The number of benzene rings is 2. The van der Waals surface area contributed by atoms with E-state index in [-0.39, 0.29) is 12.5 Å². The number of aliphatic hydroxyl groups is 1. The monoisotopic (exact) mass is 349 g/mol. The Bertz CT molecular complexity index is 616. The summed E-state index contributed by atoms with van der Waals surface area (Å²) in [4.78, 5) is 12.0. The number of aliphatic hydroxyl groups excluding tert-OH is 1. The molecule has 21 heavy (non-hydrogen) atoms. The number of anilines is 1. The summed E-state index contributed by atoms with van der Waals surface area (Å²) in [5, 5.41) is 12.0. The van der Waals surface area contributed by atoms with Crippen LogP contribution in [0.2, 0.25) is 0 Å². The average Bonchev–Trinajstić information content (AvgIpc) is 2.50. The van der Waals surface area contributed by atoms with Gasteiger partial charge in [-0.1, -0.05) is 34.1 Å². The van der Waals surface area contributed by atoms with E-state index in [4.69, 9.17) is 4.74 Å². The highest BCUT2D eigenvalue weighted by atomic mass is 79.9. The summed E-state index contributed by atoms with van der Waals surface area (Å²) in [5.74, 6) is 0.313. The van der Waals surface area contributed by atoms with Crippen LogP contribution in [0.5, 0.6) is 5.75 Å². The van der Waals surface area contributed by atoms with E-state index in [9.17, 15) is 9.90 Å². The number of carbonyl (C=O) groups is 1. The summed E-state index contributed by atoms with van der Waals surface area (Å²) < 4.78 is 6.41. The van der Waals surface area contributed by atoms with Gasteiger partial charge in [0.05, 0.1) is 6.61 Å². The molecule has 1 unspecified atom stereocenters. The number of hydrogen-bond acceptors (Lipinski definition) is 3. The predicted octanol–water partition coefficient (Wildman–Crippen LogP) is 3.35. The van der Waals surface area contributed by atoms with Crippen LogP contribution >= 0.6 is 15.9 Å².